The van der Waals surface area contributed by atoms with Crippen molar-refractivity contribution >= 4 is 11.7 Å². The van der Waals surface area contributed by atoms with Crippen molar-refractivity contribution in [3.63, 3.8) is 0 Å². The first kappa shape index (κ1) is 17.3. The van der Waals surface area contributed by atoms with Crippen LogP contribution in [0, 0.1) is 0 Å². The SMILES string of the molecule is CCOCCCN(CC(F)(F)F)C(=O)Cn1ccc(N)n1. The van der Waals surface area contributed by atoms with Crippen LogP contribution in [0.1, 0.15) is 13.3 Å². The molecular weight excluding hydrogens is 289 g/mol. The number of nitrogens with zero attached hydrogens (tertiary/aromatic N) is 3. The summed E-state index contributed by atoms with van der Waals surface area (Å²) >= 11 is 0. The molecule has 0 saturated heterocycles. The summed E-state index contributed by atoms with van der Waals surface area (Å²) in [5, 5.41) is 3.78. The maximum atomic E-state index is 12.5. The van der Waals surface area contributed by atoms with Crippen LogP contribution in [-0.4, -0.2) is 53.1 Å². The number of hydrogen-bond acceptors (Lipinski definition) is 4. The molecule has 0 spiro atoms. The zero-order valence-corrected chi connectivity index (χ0v) is 11.8. The second-order valence-corrected chi connectivity index (χ2v) is 4.42. The van der Waals surface area contributed by atoms with E-state index in [0.29, 0.717) is 19.6 Å². The van der Waals surface area contributed by atoms with Gasteiger partial charge in [0, 0.05) is 26.0 Å². The first-order chi connectivity index (χ1) is 9.81. The number of nitrogens with two attached hydrogens (primary N) is 1. The lowest BCUT2D eigenvalue weighted by Crippen LogP contribution is -2.41. The van der Waals surface area contributed by atoms with Gasteiger partial charge in [0.1, 0.15) is 18.9 Å². The molecule has 2 N–H and O–H groups in total. The number of alkyl halides is 3. The second kappa shape index (κ2) is 7.87. The molecule has 6 nitrogen and oxygen atoms in total. The molecule has 1 rings (SSSR count). The Labute approximate surface area is 120 Å². The third-order valence-corrected chi connectivity index (χ3v) is 2.60. The van der Waals surface area contributed by atoms with Crippen molar-refractivity contribution in [2.45, 2.75) is 26.1 Å². The molecule has 0 unspecified atom stereocenters. The number of halogens is 3. The zero-order valence-electron chi connectivity index (χ0n) is 11.8. The van der Waals surface area contributed by atoms with Gasteiger partial charge in [0.2, 0.25) is 5.91 Å². The summed E-state index contributed by atoms with van der Waals surface area (Å²) in [7, 11) is 0. The molecule has 1 aromatic heterocycles. The Morgan fingerprint density at radius 3 is 2.76 bits per heavy atom. The summed E-state index contributed by atoms with van der Waals surface area (Å²) in [6.45, 7) is 1.01. The van der Waals surface area contributed by atoms with Gasteiger partial charge in [-0.25, -0.2) is 0 Å². The summed E-state index contributed by atoms with van der Waals surface area (Å²) in [4.78, 5) is 12.7. The molecule has 120 valence electrons. The van der Waals surface area contributed by atoms with Gasteiger partial charge < -0.3 is 15.4 Å². The number of nitrogen functional groups attached to an aromatic ring is 1. The predicted molar refractivity (Wildman–Crippen MR) is 70.4 cm³/mol. The molecule has 1 heterocycles. The van der Waals surface area contributed by atoms with Gasteiger partial charge in [-0.3, -0.25) is 9.48 Å². The van der Waals surface area contributed by atoms with Gasteiger partial charge in [-0.15, -0.1) is 0 Å². The molecule has 1 amide bonds. The van der Waals surface area contributed by atoms with Crippen molar-refractivity contribution in [2.75, 3.05) is 32.0 Å². The lowest BCUT2D eigenvalue weighted by atomic mass is 10.3. The zero-order chi connectivity index (χ0) is 15.9. The predicted octanol–water partition coefficient (Wildman–Crippen LogP) is 1.28. The fourth-order valence-electron chi connectivity index (χ4n) is 1.71. The molecule has 1 aromatic rings. The maximum Gasteiger partial charge on any atom is 0.406 e. The molecule has 0 atom stereocenters. The van der Waals surface area contributed by atoms with E-state index in [9.17, 15) is 18.0 Å². The summed E-state index contributed by atoms with van der Waals surface area (Å²) in [6, 6.07) is 1.47. The van der Waals surface area contributed by atoms with E-state index in [1.165, 1.54) is 16.9 Å². The standard InChI is InChI=1S/C12H19F3N4O2/c1-2-21-7-3-5-18(9-12(13,14)15)11(20)8-19-6-4-10(16)17-19/h4,6H,2-3,5,7-9H2,1H3,(H2,16,17). The minimum Gasteiger partial charge on any atom is -0.382 e. The highest BCUT2D eigenvalue weighted by Gasteiger charge is 2.32. The monoisotopic (exact) mass is 308 g/mol. The van der Waals surface area contributed by atoms with Crippen molar-refractivity contribution in [3.05, 3.63) is 12.3 Å². The Hall–Kier alpha value is -1.77. The smallest absolute Gasteiger partial charge is 0.382 e. The molecular formula is C12H19F3N4O2. The molecule has 0 bridgehead atoms. The molecule has 0 saturated carbocycles. The number of carbonyl (C=O) groups excluding carboxylic acids is 1. The minimum absolute atomic E-state index is 0.0188. The lowest BCUT2D eigenvalue weighted by Gasteiger charge is -2.24. The van der Waals surface area contributed by atoms with Crippen molar-refractivity contribution in [2.24, 2.45) is 0 Å². The van der Waals surface area contributed by atoms with Gasteiger partial charge in [0.25, 0.3) is 0 Å². The Bertz CT molecular complexity index is 448. The highest BCUT2D eigenvalue weighted by molar-refractivity contribution is 5.76. The van der Waals surface area contributed by atoms with Crippen molar-refractivity contribution in [3.8, 4) is 0 Å². The number of aromatic nitrogens is 2. The Morgan fingerprint density at radius 1 is 1.52 bits per heavy atom. The fraction of sp³-hybridized carbons (Fsp3) is 0.667. The van der Waals surface area contributed by atoms with Crippen molar-refractivity contribution in [1.29, 1.82) is 0 Å². The first-order valence-corrected chi connectivity index (χ1v) is 6.53. The Kier molecular flexibility index (Phi) is 6.47. The number of rotatable bonds is 8. The van der Waals surface area contributed by atoms with Gasteiger partial charge >= 0.3 is 6.18 Å². The fourth-order valence-corrected chi connectivity index (χ4v) is 1.71. The van der Waals surface area contributed by atoms with Gasteiger partial charge in [-0.1, -0.05) is 0 Å². The minimum atomic E-state index is -4.44. The Morgan fingerprint density at radius 2 is 2.24 bits per heavy atom. The second-order valence-electron chi connectivity index (χ2n) is 4.42. The van der Waals surface area contributed by atoms with Crippen LogP contribution in [0.3, 0.4) is 0 Å². The maximum absolute atomic E-state index is 12.5. The van der Waals surface area contributed by atoms with E-state index in [-0.39, 0.29) is 18.9 Å². The molecule has 0 aliphatic heterocycles. The molecule has 0 aliphatic rings. The van der Waals surface area contributed by atoms with Gasteiger partial charge in [-0.2, -0.15) is 18.3 Å². The van der Waals surface area contributed by atoms with Crippen LogP contribution >= 0.6 is 0 Å². The summed E-state index contributed by atoms with van der Waals surface area (Å²) in [5.74, 6) is -0.451. The van der Waals surface area contributed by atoms with Crippen LogP contribution in [0.5, 0.6) is 0 Å². The van der Waals surface area contributed by atoms with Crippen LogP contribution in [0.15, 0.2) is 12.3 Å². The third kappa shape index (κ3) is 6.98. The molecule has 9 heteroatoms. The molecule has 0 radical (unpaired) electrons. The van der Waals surface area contributed by atoms with E-state index in [2.05, 4.69) is 5.10 Å². The van der Waals surface area contributed by atoms with Gasteiger partial charge in [0.05, 0.1) is 0 Å². The van der Waals surface area contributed by atoms with Crippen LogP contribution in [0.25, 0.3) is 0 Å². The van der Waals surface area contributed by atoms with E-state index in [1.54, 1.807) is 6.92 Å². The van der Waals surface area contributed by atoms with Crippen LogP contribution in [0.2, 0.25) is 0 Å². The number of amides is 1. The normalized spacial score (nSPS) is 11.6. The van der Waals surface area contributed by atoms with E-state index >= 15 is 0 Å². The average molecular weight is 308 g/mol. The quantitative estimate of drug-likeness (QED) is 0.734. The summed E-state index contributed by atoms with van der Waals surface area (Å²) in [5.41, 5.74) is 5.39. The van der Waals surface area contributed by atoms with E-state index in [1.807, 2.05) is 0 Å². The van der Waals surface area contributed by atoms with Gasteiger partial charge in [0.15, 0.2) is 0 Å². The topological polar surface area (TPSA) is 73.4 Å². The van der Waals surface area contributed by atoms with Crippen LogP contribution < -0.4 is 5.73 Å². The average Bonchev–Trinajstić information content (AvgIpc) is 2.77. The molecule has 21 heavy (non-hydrogen) atoms. The molecule has 0 aromatic carbocycles. The highest BCUT2D eigenvalue weighted by atomic mass is 19.4. The number of hydrogen-bond donors (Lipinski definition) is 1. The van der Waals surface area contributed by atoms with E-state index in [4.69, 9.17) is 10.5 Å². The first-order valence-electron chi connectivity index (χ1n) is 6.53. The van der Waals surface area contributed by atoms with Crippen LogP contribution in [-0.2, 0) is 16.1 Å². The van der Waals surface area contributed by atoms with E-state index in [0.717, 1.165) is 4.90 Å². The highest BCUT2D eigenvalue weighted by Crippen LogP contribution is 2.17. The summed E-state index contributed by atoms with van der Waals surface area (Å²) < 4.78 is 43.8. The number of ether oxygens (including phenoxy) is 1. The van der Waals surface area contributed by atoms with Crippen molar-refractivity contribution < 1.29 is 22.7 Å². The van der Waals surface area contributed by atoms with Crippen molar-refractivity contribution in [1.82, 2.24) is 14.7 Å². The summed E-state index contributed by atoms with van der Waals surface area (Å²) in [6.07, 6.45) is -2.65. The molecule has 0 aliphatic carbocycles. The lowest BCUT2D eigenvalue weighted by molar-refractivity contribution is -0.162. The molecule has 0 fully saturated rings. The van der Waals surface area contributed by atoms with Gasteiger partial charge in [-0.05, 0) is 19.4 Å². The largest absolute Gasteiger partial charge is 0.406 e. The Balaban J connectivity index is 2.58. The number of anilines is 1. The number of carbonyl (C=O) groups is 1. The third-order valence-electron chi connectivity index (χ3n) is 2.60. The van der Waals surface area contributed by atoms with E-state index < -0.39 is 18.6 Å². The van der Waals surface area contributed by atoms with Crippen LogP contribution in [0.4, 0.5) is 19.0 Å².